The monoisotopic (exact) mass is 303 g/mol. The fourth-order valence-electron chi connectivity index (χ4n) is 2.03. The van der Waals surface area contributed by atoms with Crippen LogP contribution in [0.25, 0.3) is 0 Å². The molecule has 3 rings (SSSR count). The molecule has 1 aromatic carbocycles. The molecule has 1 aliphatic heterocycles. The van der Waals surface area contributed by atoms with Gasteiger partial charge in [-0.05, 0) is 37.6 Å². The van der Waals surface area contributed by atoms with Crippen LogP contribution >= 0.6 is 11.3 Å². The van der Waals surface area contributed by atoms with E-state index in [9.17, 15) is 0 Å². The maximum Gasteiger partial charge on any atom is 0.205 e. The Morgan fingerprint density at radius 1 is 1.29 bits per heavy atom. The zero-order valence-corrected chi connectivity index (χ0v) is 12.9. The Hall–Kier alpha value is -2.08. The van der Waals surface area contributed by atoms with Crippen molar-refractivity contribution < 1.29 is 9.47 Å². The van der Waals surface area contributed by atoms with Gasteiger partial charge >= 0.3 is 0 Å². The maximum atomic E-state index is 5.58. The second-order valence-electron chi connectivity index (χ2n) is 4.59. The molecule has 5 nitrogen and oxygen atoms in total. The normalized spacial score (nSPS) is 14.9. The van der Waals surface area contributed by atoms with Crippen molar-refractivity contribution in [2.24, 2.45) is 10.1 Å². The van der Waals surface area contributed by atoms with Gasteiger partial charge in [-0.1, -0.05) is 0 Å². The van der Waals surface area contributed by atoms with Crippen LogP contribution in [0.15, 0.2) is 33.7 Å². The molecule has 0 atom stereocenters. The van der Waals surface area contributed by atoms with E-state index < -0.39 is 0 Å². The van der Waals surface area contributed by atoms with E-state index in [1.165, 1.54) is 0 Å². The summed E-state index contributed by atoms with van der Waals surface area (Å²) < 4.78 is 12.9. The van der Waals surface area contributed by atoms with Crippen LogP contribution in [-0.4, -0.2) is 30.6 Å². The fourth-order valence-corrected chi connectivity index (χ4v) is 2.90. The summed E-state index contributed by atoms with van der Waals surface area (Å²) in [6.07, 6.45) is 1.81. The standard InChI is InChI=1S/C15H17N3O2S/c1-3-16-15-18(11(2)10-21-15)17-9-12-4-5-13-14(8-12)20-7-6-19-13/h4-5,8-10H,3,6-7H2,1-2H3/b16-15?,17-9-. The molecule has 0 aliphatic carbocycles. The highest BCUT2D eigenvalue weighted by atomic mass is 32.1. The van der Waals surface area contributed by atoms with Gasteiger partial charge in [0.05, 0.1) is 11.9 Å². The van der Waals surface area contributed by atoms with Crippen LogP contribution in [0.2, 0.25) is 0 Å². The number of ether oxygens (including phenoxy) is 2. The third-order valence-electron chi connectivity index (χ3n) is 3.03. The molecular weight excluding hydrogens is 286 g/mol. The Labute approximate surface area is 127 Å². The lowest BCUT2D eigenvalue weighted by Gasteiger charge is -2.18. The van der Waals surface area contributed by atoms with Crippen LogP contribution in [-0.2, 0) is 0 Å². The summed E-state index contributed by atoms with van der Waals surface area (Å²) in [6, 6.07) is 5.82. The van der Waals surface area contributed by atoms with Crippen LogP contribution in [0.5, 0.6) is 11.5 Å². The molecule has 0 unspecified atom stereocenters. The number of nitrogens with zero attached hydrogens (tertiary/aromatic N) is 3. The van der Waals surface area contributed by atoms with Crippen LogP contribution in [0.4, 0.5) is 0 Å². The maximum absolute atomic E-state index is 5.58. The molecule has 0 fully saturated rings. The number of benzene rings is 1. The molecule has 2 aromatic rings. The van der Waals surface area contributed by atoms with Crippen LogP contribution in [0.1, 0.15) is 18.2 Å². The van der Waals surface area contributed by atoms with E-state index in [1.54, 1.807) is 11.3 Å². The first-order chi connectivity index (χ1) is 10.3. The third-order valence-corrected chi connectivity index (χ3v) is 4.00. The summed E-state index contributed by atoms with van der Waals surface area (Å²) in [5.41, 5.74) is 2.04. The number of aryl methyl sites for hydroxylation is 1. The second-order valence-corrected chi connectivity index (χ2v) is 5.43. The molecule has 2 heterocycles. The van der Waals surface area contributed by atoms with Crippen molar-refractivity contribution in [2.45, 2.75) is 13.8 Å². The van der Waals surface area contributed by atoms with Gasteiger partial charge in [0.2, 0.25) is 4.80 Å². The van der Waals surface area contributed by atoms with Crippen molar-refractivity contribution in [3.8, 4) is 11.5 Å². The molecule has 0 radical (unpaired) electrons. The quantitative estimate of drug-likeness (QED) is 0.818. The number of aromatic nitrogens is 1. The molecule has 1 aromatic heterocycles. The minimum atomic E-state index is 0.589. The van der Waals surface area contributed by atoms with E-state index in [-0.39, 0.29) is 0 Å². The van der Waals surface area contributed by atoms with Crippen LogP contribution in [0, 0.1) is 6.92 Å². The van der Waals surface area contributed by atoms with Gasteiger partial charge < -0.3 is 9.47 Å². The third kappa shape index (κ3) is 3.00. The number of rotatable bonds is 3. The van der Waals surface area contributed by atoms with Gasteiger partial charge in [-0.25, -0.2) is 4.68 Å². The molecule has 6 heteroatoms. The lowest BCUT2D eigenvalue weighted by atomic mass is 10.2. The molecule has 1 aliphatic rings. The Morgan fingerprint density at radius 2 is 2.10 bits per heavy atom. The van der Waals surface area contributed by atoms with E-state index in [1.807, 2.05) is 42.9 Å². The van der Waals surface area contributed by atoms with Gasteiger partial charge in [0.25, 0.3) is 0 Å². The Morgan fingerprint density at radius 3 is 2.90 bits per heavy atom. The fraction of sp³-hybridized carbons (Fsp3) is 0.333. The highest BCUT2D eigenvalue weighted by Gasteiger charge is 2.10. The van der Waals surface area contributed by atoms with Gasteiger partial charge in [-0.3, -0.25) is 4.99 Å². The molecule has 0 amide bonds. The molecule has 0 spiro atoms. The lowest BCUT2D eigenvalue weighted by Crippen LogP contribution is -2.15. The van der Waals surface area contributed by atoms with E-state index >= 15 is 0 Å². The summed E-state index contributed by atoms with van der Waals surface area (Å²) in [5.74, 6) is 1.56. The second kappa shape index (κ2) is 6.13. The zero-order chi connectivity index (χ0) is 14.7. The summed E-state index contributed by atoms with van der Waals surface area (Å²) >= 11 is 1.60. The zero-order valence-electron chi connectivity index (χ0n) is 12.1. The first-order valence-corrected chi connectivity index (χ1v) is 7.77. The molecule has 0 N–H and O–H groups in total. The average Bonchev–Trinajstić information content (AvgIpc) is 2.86. The highest BCUT2D eigenvalue weighted by molar-refractivity contribution is 7.07. The summed E-state index contributed by atoms with van der Waals surface area (Å²) in [4.78, 5) is 5.34. The minimum absolute atomic E-state index is 0.589. The molecule has 0 saturated heterocycles. The van der Waals surface area contributed by atoms with Gasteiger partial charge in [0, 0.05) is 11.9 Å². The van der Waals surface area contributed by atoms with Crippen molar-refractivity contribution in [2.75, 3.05) is 19.8 Å². The van der Waals surface area contributed by atoms with Crippen molar-refractivity contribution in [1.82, 2.24) is 4.68 Å². The Balaban J connectivity index is 1.90. The number of hydrogen-bond acceptors (Lipinski definition) is 5. The summed E-state index contributed by atoms with van der Waals surface area (Å²) in [6.45, 7) is 5.98. The lowest BCUT2D eigenvalue weighted by molar-refractivity contribution is 0.171. The molecule has 0 saturated carbocycles. The SMILES string of the molecule is CCN=c1scc(C)n1/N=C\c1ccc2c(c1)OCCO2. The molecular formula is C15H17N3O2S. The predicted octanol–water partition coefficient (Wildman–Crippen LogP) is 2.43. The van der Waals surface area contributed by atoms with E-state index in [4.69, 9.17) is 9.47 Å². The van der Waals surface area contributed by atoms with Crippen molar-refractivity contribution >= 4 is 17.6 Å². The minimum Gasteiger partial charge on any atom is -0.486 e. The van der Waals surface area contributed by atoms with Gasteiger partial charge in [-0.2, -0.15) is 5.10 Å². The first-order valence-electron chi connectivity index (χ1n) is 6.89. The van der Waals surface area contributed by atoms with Gasteiger partial charge in [0.15, 0.2) is 11.5 Å². The van der Waals surface area contributed by atoms with Gasteiger partial charge in [-0.15, -0.1) is 11.3 Å². The summed E-state index contributed by atoms with van der Waals surface area (Å²) in [5, 5.41) is 6.57. The van der Waals surface area contributed by atoms with E-state index in [0.717, 1.165) is 34.1 Å². The number of thiazole rings is 1. The van der Waals surface area contributed by atoms with E-state index in [2.05, 4.69) is 15.5 Å². The summed E-state index contributed by atoms with van der Waals surface area (Å²) in [7, 11) is 0. The Kier molecular flexibility index (Phi) is 4.06. The Bertz CT molecular complexity index is 731. The topological polar surface area (TPSA) is 48.1 Å². The van der Waals surface area contributed by atoms with E-state index in [0.29, 0.717) is 13.2 Å². The average molecular weight is 303 g/mol. The van der Waals surface area contributed by atoms with Crippen molar-refractivity contribution in [1.29, 1.82) is 0 Å². The van der Waals surface area contributed by atoms with Crippen molar-refractivity contribution in [3.63, 3.8) is 0 Å². The van der Waals surface area contributed by atoms with Gasteiger partial charge in [0.1, 0.15) is 13.2 Å². The van der Waals surface area contributed by atoms with Crippen LogP contribution in [0.3, 0.4) is 0 Å². The molecule has 0 bridgehead atoms. The molecule has 110 valence electrons. The highest BCUT2D eigenvalue weighted by Crippen LogP contribution is 2.30. The first kappa shape index (κ1) is 13.9. The van der Waals surface area contributed by atoms with Crippen molar-refractivity contribution in [3.05, 3.63) is 39.6 Å². The van der Waals surface area contributed by atoms with Crippen LogP contribution < -0.4 is 14.3 Å². The number of hydrogen-bond donors (Lipinski definition) is 0. The largest absolute Gasteiger partial charge is 0.486 e. The smallest absolute Gasteiger partial charge is 0.205 e. The number of fused-ring (bicyclic) bond motifs is 1. The predicted molar refractivity (Wildman–Crippen MR) is 83.6 cm³/mol. The molecule has 21 heavy (non-hydrogen) atoms.